The molecule has 0 bridgehead atoms. The average Bonchev–Trinajstić information content (AvgIpc) is 3.14. The third-order valence-corrected chi connectivity index (χ3v) is 4.26. The third kappa shape index (κ3) is 2.32. The Morgan fingerprint density at radius 3 is 2.50 bits per heavy atom. The van der Waals surface area contributed by atoms with Crippen LogP contribution in [0.1, 0.15) is 0 Å². The Kier molecular flexibility index (Phi) is 3.84. The minimum atomic E-state index is -0.242. The molecular formula is C19H16O7. The molecule has 3 aromatic rings. The quantitative estimate of drug-likeness (QED) is 0.710. The van der Waals surface area contributed by atoms with Crippen molar-refractivity contribution < 1.29 is 28.1 Å². The number of ether oxygens (including phenoxy) is 5. The second-order valence-corrected chi connectivity index (χ2v) is 5.57. The van der Waals surface area contributed by atoms with E-state index in [9.17, 15) is 4.79 Å². The summed E-state index contributed by atoms with van der Waals surface area (Å²) < 4.78 is 32.4. The molecule has 2 heterocycles. The van der Waals surface area contributed by atoms with Crippen LogP contribution in [0.4, 0.5) is 0 Å². The number of hydrogen-bond acceptors (Lipinski definition) is 7. The lowest BCUT2D eigenvalue weighted by molar-refractivity contribution is 0.171. The standard InChI is InChI=1S/C19H16O7/c1-21-12-5-4-10(6-13(12)22-2)11-8-24-14-7-15-18(26-9-25-15)19(23-3)16(14)17(11)20/h4-8H,9H2,1-3H3. The summed E-state index contributed by atoms with van der Waals surface area (Å²) in [6.07, 6.45) is 1.41. The number of rotatable bonds is 4. The highest BCUT2D eigenvalue weighted by Gasteiger charge is 2.26. The van der Waals surface area contributed by atoms with Gasteiger partial charge in [-0.05, 0) is 17.7 Å². The number of methoxy groups -OCH3 is 3. The highest BCUT2D eigenvalue weighted by atomic mass is 16.7. The van der Waals surface area contributed by atoms with Gasteiger partial charge in [0, 0.05) is 6.07 Å². The zero-order valence-electron chi connectivity index (χ0n) is 14.5. The number of fused-ring (bicyclic) bond motifs is 2. The average molecular weight is 356 g/mol. The maximum atomic E-state index is 13.2. The number of benzene rings is 2. The van der Waals surface area contributed by atoms with Gasteiger partial charge in [-0.1, -0.05) is 6.07 Å². The summed E-state index contributed by atoms with van der Waals surface area (Å²) >= 11 is 0. The molecule has 0 aliphatic carbocycles. The van der Waals surface area contributed by atoms with Crippen LogP contribution in [-0.2, 0) is 0 Å². The monoisotopic (exact) mass is 356 g/mol. The van der Waals surface area contributed by atoms with E-state index in [2.05, 4.69) is 0 Å². The fourth-order valence-electron chi connectivity index (χ4n) is 3.01. The summed E-state index contributed by atoms with van der Waals surface area (Å²) in [7, 11) is 4.56. The first kappa shape index (κ1) is 16.1. The van der Waals surface area contributed by atoms with E-state index in [1.54, 1.807) is 31.4 Å². The van der Waals surface area contributed by atoms with Gasteiger partial charge in [-0.3, -0.25) is 4.79 Å². The van der Waals surface area contributed by atoms with Crippen molar-refractivity contribution in [3.8, 4) is 39.9 Å². The summed E-state index contributed by atoms with van der Waals surface area (Å²) in [6.45, 7) is 0.0682. The molecule has 0 atom stereocenters. The lowest BCUT2D eigenvalue weighted by Crippen LogP contribution is -2.07. The van der Waals surface area contributed by atoms with E-state index in [1.807, 2.05) is 0 Å². The lowest BCUT2D eigenvalue weighted by atomic mass is 10.0. The fraction of sp³-hybridized carbons (Fsp3) is 0.211. The van der Waals surface area contributed by atoms with E-state index in [0.717, 1.165) is 0 Å². The SMILES string of the molecule is COc1ccc(-c2coc3cc4c(c(OC)c3c2=O)OCO4)cc1OC. The van der Waals surface area contributed by atoms with Crippen LogP contribution in [0.5, 0.6) is 28.7 Å². The van der Waals surface area contributed by atoms with Crippen LogP contribution in [0.15, 0.2) is 39.7 Å². The molecule has 4 rings (SSSR count). The van der Waals surface area contributed by atoms with E-state index >= 15 is 0 Å². The fourth-order valence-corrected chi connectivity index (χ4v) is 3.01. The molecule has 0 saturated carbocycles. The molecule has 7 heteroatoms. The predicted octanol–water partition coefficient (Wildman–Crippen LogP) is 3.21. The van der Waals surface area contributed by atoms with Crippen LogP contribution in [0.25, 0.3) is 22.1 Å². The van der Waals surface area contributed by atoms with Gasteiger partial charge in [0.05, 0.1) is 26.9 Å². The van der Waals surface area contributed by atoms with Crippen molar-refractivity contribution in [2.24, 2.45) is 0 Å². The van der Waals surface area contributed by atoms with Crippen molar-refractivity contribution >= 4 is 11.0 Å². The summed E-state index contributed by atoms with van der Waals surface area (Å²) in [6, 6.07) is 6.84. The summed E-state index contributed by atoms with van der Waals surface area (Å²) in [5.74, 6) is 2.27. The van der Waals surface area contributed by atoms with Gasteiger partial charge >= 0.3 is 0 Å². The van der Waals surface area contributed by atoms with Crippen LogP contribution in [0.2, 0.25) is 0 Å². The highest BCUT2D eigenvalue weighted by Crippen LogP contribution is 2.45. The van der Waals surface area contributed by atoms with Crippen molar-refractivity contribution in [3.63, 3.8) is 0 Å². The summed E-state index contributed by atoms with van der Waals surface area (Å²) in [5, 5.41) is 0.295. The van der Waals surface area contributed by atoms with Crippen LogP contribution < -0.4 is 29.1 Å². The maximum Gasteiger partial charge on any atom is 0.231 e. The molecule has 0 radical (unpaired) electrons. The van der Waals surface area contributed by atoms with Gasteiger partial charge in [-0.2, -0.15) is 0 Å². The molecule has 134 valence electrons. The van der Waals surface area contributed by atoms with Crippen LogP contribution in [-0.4, -0.2) is 28.1 Å². The van der Waals surface area contributed by atoms with Crippen molar-refractivity contribution in [3.05, 3.63) is 40.8 Å². The van der Waals surface area contributed by atoms with Gasteiger partial charge < -0.3 is 28.1 Å². The minimum absolute atomic E-state index is 0.0682. The molecule has 7 nitrogen and oxygen atoms in total. The van der Waals surface area contributed by atoms with Gasteiger partial charge in [-0.15, -0.1) is 0 Å². The van der Waals surface area contributed by atoms with Gasteiger partial charge in [0.25, 0.3) is 0 Å². The molecule has 0 saturated heterocycles. The molecule has 26 heavy (non-hydrogen) atoms. The molecule has 1 aromatic heterocycles. The van der Waals surface area contributed by atoms with Crippen LogP contribution >= 0.6 is 0 Å². The summed E-state index contributed by atoms with van der Waals surface area (Å²) in [4.78, 5) is 13.2. The van der Waals surface area contributed by atoms with Crippen LogP contribution in [0, 0.1) is 0 Å². The molecule has 0 unspecified atom stereocenters. The Hall–Kier alpha value is -3.35. The topological polar surface area (TPSA) is 76.4 Å². The first-order chi connectivity index (χ1) is 12.7. The Morgan fingerprint density at radius 2 is 1.77 bits per heavy atom. The van der Waals surface area contributed by atoms with Gasteiger partial charge in [-0.25, -0.2) is 0 Å². The molecule has 0 spiro atoms. The maximum absolute atomic E-state index is 13.2. The van der Waals surface area contributed by atoms with Crippen LogP contribution in [0.3, 0.4) is 0 Å². The first-order valence-corrected chi connectivity index (χ1v) is 7.82. The van der Waals surface area contributed by atoms with E-state index in [1.165, 1.54) is 20.5 Å². The van der Waals surface area contributed by atoms with Crippen molar-refractivity contribution in [2.75, 3.05) is 28.1 Å². The molecular weight excluding hydrogens is 340 g/mol. The molecule has 0 N–H and O–H groups in total. The second kappa shape index (κ2) is 6.18. The van der Waals surface area contributed by atoms with E-state index in [-0.39, 0.29) is 12.2 Å². The van der Waals surface area contributed by atoms with Crippen molar-refractivity contribution in [1.82, 2.24) is 0 Å². The highest BCUT2D eigenvalue weighted by molar-refractivity contribution is 5.92. The van der Waals surface area contributed by atoms with Gasteiger partial charge in [0.2, 0.25) is 18.0 Å². The predicted molar refractivity (Wildman–Crippen MR) is 93.7 cm³/mol. The molecule has 0 amide bonds. The molecule has 2 aromatic carbocycles. The Bertz CT molecular complexity index is 1050. The summed E-state index contributed by atoms with van der Waals surface area (Å²) in [5.41, 5.74) is 1.13. The molecule has 0 fully saturated rings. The minimum Gasteiger partial charge on any atom is -0.493 e. The normalized spacial score (nSPS) is 12.3. The zero-order valence-corrected chi connectivity index (χ0v) is 14.5. The van der Waals surface area contributed by atoms with Crippen molar-refractivity contribution in [1.29, 1.82) is 0 Å². The Morgan fingerprint density at radius 1 is 0.962 bits per heavy atom. The van der Waals surface area contributed by atoms with E-state index in [0.29, 0.717) is 50.8 Å². The molecule has 1 aliphatic heterocycles. The second-order valence-electron chi connectivity index (χ2n) is 5.57. The lowest BCUT2D eigenvalue weighted by Gasteiger charge is -2.11. The molecule has 1 aliphatic rings. The van der Waals surface area contributed by atoms with Gasteiger partial charge in [0.1, 0.15) is 17.2 Å². The zero-order chi connectivity index (χ0) is 18.3. The largest absolute Gasteiger partial charge is 0.493 e. The van der Waals surface area contributed by atoms with E-state index in [4.69, 9.17) is 28.1 Å². The third-order valence-electron chi connectivity index (χ3n) is 4.26. The Labute approximate surface area is 148 Å². The first-order valence-electron chi connectivity index (χ1n) is 7.82. The number of hydrogen-bond donors (Lipinski definition) is 0. The smallest absolute Gasteiger partial charge is 0.231 e. The van der Waals surface area contributed by atoms with E-state index < -0.39 is 0 Å². The van der Waals surface area contributed by atoms with Crippen molar-refractivity contribution in [2.45, 2.75) is 0 Å². The Balaban J connectivity index is 1.97. The van der Waals surface area contributed by atoms with Gasteiger partial charge in [0.15, 0.2) is 23.0 Å².